The number of nitrogens with zero attached hydrogens (tertiary/aromatic N) is 3. The topological polar surface area (TPSA) is 193 Å². The third kappa shape index (κ3) is 7.48. The molecule has 1 amide bonds. The number of aliphatic carboxylic acids is 1. The Labute approximate surface area is 213 Å². The van der Waals surface area contributed by atoms with E-state index in [0.29, 0.717) is 11.4 Å². The zero-order chi connectivity index (χ0) is 22.4. The van der Waals surface area contributed by atoms with Gasteiger partial charge in [0.05, 0.1) is 18.4 Å². The standard InChI is InChI=1S/C19H18N7O5.Cu.Nb/c20-19-25-15-14(17(29)26-19)23-12(9-22-15)8-21-11-5-3-10(4-6-11)16(28)24-13(18(30)31)2-1-7-27;;/h3-6,9,13,21H,1-2,8H2,(H,24,28)(H,30,31)(H3,20,22,25,26,29);;/q-1;;/t13-;;/m0../s1. The predicted molar refractivity (Wildman–Crippen MR) is 110 cm³/mol. The number of hydrogen-bond acceptors (Lipinski definition) is 9. The van der Waals surface area contributed by atoms with Crippen LogP contribution in [0.25, 0.3) is 11.2 Å². The average Bonchev–Trinajstić information content (AvgIpc) is 2.75. The molecule has 2 heterocycles. The Morgan fingerprint density at radius 1 is 1.21 bits per heavy atom. The normalized spacial score (nSPS) is 10.9. The maximum absolute atomic E-state index is 12.2. The minimum Gasteiger partial charge on any atom is -0.542 e. The number of aromatic nitrogens is 4. The van der Waals surface area contributed by atoms with Gasteiger partial charge in [0.25, 0.3) is 11.5 Å². The molecule has 33 heavy (non-hydrogen) atoms. The fourth-order valence-electron chi connectivity index (χ4n) is 2.69. The van der Waals surface area contributed by atoms with Crippen molar-refractivity contribution in [2.24, 2.45) is 0 Å². The van der Waals surface area contributed by atoms with Crippen LogP contribution in [0.5, 0.6) is 0 Å². The first-order valence-corrected chi connectivity index (χ1v) is 9.11. The third-order valence-corrected chi connectivity index (χ3v) is 4.25. The molecule has 0 unspecified atom stereocenters. The summed E-state index contributed by atoms with van der Waals surface area (Å²) < 4.78 is 0. The molecule has 0 saturated carbocycles. The summed E-state index contributed by atoms with van der Waals surface area (Å²) in [5, 5.41) is 14.6. The van der Waals surface area contributed by atoms with Crippen LogP contribution in [0.2, 0.25) is 0 Å². The third-order valence-electron chi connectivity index (χ3n) is 4.25. The van der Waals surface area contributed by atoms with Gasteiger partial charge in [-0.25, -0.2) is 14.8 Å². The Morgan fingerprint density at radius 2 is 1.91 bits per heavy atom. The number of carbonyl (C=O) groups is 2. The smallest absolute Gasteiger partial charge is 0.326 e. The zero-order valence-electron chi connectivity index (χ0n) is 16.8. The van der Waals surface area contributed by atoms with Gasteiger partial charge < -0.3 is 26.3 Å². The van der Waals surface area contributed by atoms with Crippen LogP contribution in [-0.4, -0.2) is 49.2 Å². The summed E-state index contributed by atoms with van der Waals surface area (Å²) in [6.07, 6.45) is 2.94. The number of carboxylic acids is 1. The number of carbonyl (C=O) groups excluding carboxylic acids is 2. The van der Waals surface area contributed by atoms with Gasteiger partial charge in [-0.2, -0.15) is 4.98 Å². The Kier molecular flexibility index (Phi) is 10.9. The summed E-state index contributed by atoms with van der Waals surface area (Å²) >= 11 is 0. The number of H-pyrrole nitrogens is 1. The van der Waals surface area contributed by atoms with Crippen LogP contribution in [-0.2, 0) is 55.6 Å². The predicted octanol–water partition coefficient (Wildman–Crippen LogP) is -0.0247. The molecule has 12 nitrogen and oxygen atoms in total. The summed E-state index contributed by atoms with van der Waals surface area (Å²) in [6, 6.07) is 5.13. The van der Waals surface area contributed by atoms with Gasteiger partial charge in [-0.05, 0) is 30.7 Å². The quantitative estimate of drug-likeness (QED) is 0.170. The molecular formula is C19H18CuN7NbO5-. The summed E-state index contributed by atoms with van der Waals surface area (Å²) in [5.41, 5.74) is 6.61. The van der Waals surface area contributed by atoms with E-state index in [9.17, 15) is 19.2 Å². The van der Waals surface area contributed by atoms with Crippen molar-refractivity contribution in [3.63, 3.8) is 0 Å². The number of aromatic amines is 1. The molecule has 176 valence electrons. The number of benzene rings is 1. The van der Waals surface area contributed by atoms with E-state index in [1.165, 1.54) is 18.3 Å². The van der Waals surface area contributed by atoms with Crippen LogP contribution < -0.4 is 21.9 Å². The molecule has 3 aromatic rings. The number of carboxylic acid groups (broad SMARTS) is 1. The number of anilines is 2. The van der Waals surface area contributed by atoms with Crippen LogP contribution >= 0.6 is 0 Å². The summed E-state index contributed by atoms with van der Waals surface area (Å²) in [5.74, 6) is -1.84. The molecule has 2 aromatic heterocycles. The van der Waals surface area contributed by atoms with Crippen molar-refractivity contribution in [2.75, 3.05) is 11.1 Å². The number of nitrogens with two attached hydrogens (primary N) is 1. The molecule has 1 atom stereocenters. The first-order chi connectivity index (χ1) is 14.9. The van der Waals surface area contributed by atoms with E-state index in [0.717, 1.165) is 0 Å². The maximum Gasteiger partial charge on any atom is 0.326 e. The van der Waals surface area contributed by atoms with Gasteiger partial charge in [-0.3, -0.25) is 20.9 Å². The maximum atomic E-state index is 12.2. The molecule has 3 rings (SSSR count). The van der Waals surface area contributed by atoms with Crippen LogP contribution in [0.3, 0.4) is 0 Å². The SMILES string of the molecule is Nc1nc2ncc(CNc3ccc(C(=O)N[C@@H](CC[C-]=O)C(=O)O)cc3)nc2c(=O)[nH]1.[Cu].[Nb]. The summed E-state index contributed by atoms with van der Waals surface area (Å²) in [6.45, 7) is 0.252. The van der Waals surface area contributed by atoms with Gasteiger partial charge in [0.15, 0.2) is 11.2 Å². The molecule has 0 spiro atoms. The van der Waals surface area contributed by atoms with Gasteiger partial charge in [0.1, 0.15) is 6.04 Å². The molecule has 0 aliphatic heterocycles. The van der Waals surface area contributed by atoms with E-state index >= 15 is 0 Å². The van der Waals surface area contributed by atoms with Gasteiger partial charge in [0.2, 0.25) is 5.95 Å². The van der Waals surface area contributed by atoms with Crippen molar-refractivity contribution in [3.05, 3.63) is 52.1 Å². The zero-order valence-corrected chi connectivity index (χ0v) is 20.0. The molecule has 0 saturated heterocycles. The van der Waals surface area contributed by atoms with Crippen molar-refractivity contribution < 1.29 is 58.9 Å². The van der Waals surface area contributed by atoms with Crippen LogP contribution in [0.1, 0.15) is 28.9 Å². The Balaban J connectivity index is 0.00000272. The number of rotatable bonds is 9. The first kappa shape index (κ1) is 27.9. The molecule has 14 heteroatoms. The summed E-state index contributed by atoms with van der Waals surface area (Å²) in [4.78, 5) is 60.2. The van der Waals surface area contributed by atoms with Crippen molar-refractivity contribution in [2.45, 2.75) is 25.4 Å². The molecule has 1 aromatic carbocycles. The molecule has 0 aliphatic rings. The number of nitrogens with one attached hydrogen (secondary N) is 3. The molecular weight excluding hydrogens is 563 g/mol. The monoisotopic (exact) mass is 580 g/mol. The minimum absolute atomic E-state index is 0. The number of amides is 1. The molecule has 0 aliphatic carbocycles. The molecule has 0 fully saturated rings. The van der Waals surface area contributed by atoms with E-state index in [1.54, 1.807) is 18.4 Å². The molecule has 6 N–H and O–H groups in total. The number of fused-ring (bicyclic) bond motifs is 1. The first-order valence-electron chi connectivity index (χ1n) is 9.11. The fraction of sp³-hybridized carbons (Fsp3) is 0.211. The number of hydrogen-bond donors (Lipinski definition) is 5. The minimum atomic E-state index is -1.23. The second kappa shape index (κ2) is 12.8. The van der Waals surface area contributed by atoms with Crippen LogP contribution in [0, 0.1) is 0 Å². The van der Waals surface area contributed by atoms with Gasteiger partial charge >= 0.3 is 5.97 Å². The van der Waals surface area contributed by atoms with Crippen molar-refractivity contribution in [1.29, 1.82) is 0 Å². The van der Waals surface area contributed by atoms with Crippen LogP contribution in [0.15, 0.2) is 35.3 Å². The van der Waals surface area contributed by atoms with Crippen LogP contribution in [0.4, 0.5) is 11.6 Å². The van der Waals surface area contributed by atoms with E-state index < -0.39 is 23.5 Å². The average molecular weight is 581 g/mol. The van der Waals surface area contributed by atoms with E-state index in [4.69, 9.17) is 10.8 Å². The van der Waals surface area contributed by atoms with Crippen molar-refractivity contribution in [1.82, 2.24) is 25.3 Å². The second-order valence-electron chi connectivity index (χ2n) is 6.46. The molecule has 0 bridgehead atoms. The van der Waals surface area contributed by atoms with Gasteiger partial charge in [-0.15, -0.1) is 6.42 Å². The fourth-order valence-corrected chi connectivity index (χ4v) is 2.69. The summed E-state index contributed by atoms with van der Waals surface area (Å²) in [7, 11) is 0. The Bertz CT molecular complexity index is 1190. The Hall–Kier alpha value is -3.09. The Morgan fingerprint density at radius 3 is 2.55 bits per heavy atom. The van der Waals surface area contributed by atoms with Crippen molar-refractivity contribution in [3.8, 4) is 0 Å². The number of nitrogen functional groups attached to an aromatic ring is 1. The van der Waals surface area contributed by atoms with E-state index in [-0.39, 0.29) is 81.5 Å². The van der Waals surface area contributed by atoms with E-state index in [2.05, 4.69) is 30.6 Å². The largest absolute Gasteiger partial charge is 0.542 e. The van der Waals surface area contributed by atoms with Crippen molar-refractivity contribution >= 4 is 41.0 Å². The van der Waals surface area contributed by atoms with E-state index in [1.807, 2.05) is 0 Å². The van der Waals surface area contributed by atoms with Gasteiger partial charge in [-0.1, -0.05) is 0 Å². The second-order valence-corrected chi connectivity index (χ2v) is 6.46. The van der Waals surface area contributed by atoms with Gasteiger partial charge in [0, 0.05) is 50.7 Å². The molecule has 2 radical (unpaired) electrons.